The summed E-state index contributed by atoms with van der Waals surface area (Å²) in [5.41, 5.74) is -2.17. The van der Waals surface area contributed by atoms with E-state index in [0.717, 1.165) is 12.1 Å². The Morgan fingerprint density at radius 3 is 1.97 bits per heavy atom. The predicted molar refractivity (Wildman–Crippen MR) is 80.0 cm³/mol. The van der Waals surface area contributed by atoms with Crippen molar-refractivity contribution < 1.29 is 54.5 Å². The lowest BCUT2D eigenvalue weighted by Crippen LogP contribution is -2.58. The van der Waals surface area contributed by atoms with Crippen molar-refractivity contribution in [3.05, 3.63) is 35.7 Å². The molecule has 1 rings (SSSR count). The Labute approximate surface area is 157 Å². The van der Waals surface area contributed by atoms with Crippen molar-refractivity contribution in [3.8, 4) is 5.75 Å². The highest BCUT2D eigenvalue weighted by Gasteiger charge is 2.77. The molecule has 0 aliphatic heterocycles. The molecular weight excluding hydrogens is 424 g/mol. The van der Waals surface area contributed by atoms with Crippen molar-refractivity contribution in [1.29, 1.82) is 0 Å². The molecule has 0 amide bonds. The number of carbonyl (C=O) groups excluding carboxylic acids is 1. The van der Waals surface area contributed by atoms with Gasteiger partial charge in [0.05, 0.1) is 19.9 Å². The van der Waals surface area contributed by atoms with E-state index in [1.54, 1.807) is 0 Å². The van der Waals surface area contributed by atoms with Crippen LogP contribution >= 0.6 is 0 Å². The Kier molecular flexibility index (Phi) is 7.16. The third-order valence-corrected chi connectivity index (χ3v) is 3.33. The average molecular weight is 436 g/mol. The quantitative estimate of drug-likeness (QED) is 0.207. The number of rotatable bonds is 8. The molecule has 0 radical (unpaired) electrons. The van der Waals surface area contributed by atoms with Gasteiger partial charge in [-0.3, -0.25) is 0 Å². The van der Waals surface area contributed by atoms with E-state index < -0.39 is 41.6 Å². The van der Waals surface area contributed by atoms with E-state index in [4.69, 9.17) is 4.74 Å². The first kappa shape index (κ1) is 24.1. The number of alkyl halides is 8. The number of aliphatic hydroxyl groups is 1. The number of allylic oxidation sites excluding steroid dienone is 1. The van der Waals surface area contributed by atoms with Crippen LogP contribution in [0.5, 0.6) is 5.75 Å². The summed E-state index contributed by atoms with van der Waals surface area (Å²) in [7, 11) is 1.87. The monoisotopic (exact) mass is 436 g/mol. The van der Waals surface area contributed by atoms with Crippen LogP contribution in [0.3, 0.4) is 0 Å². The fourth-order valence-corrected chi connectivity index (χ4v) is 1.68. The van der Waals surface area contributed by atoms with Gasteiger partial charge >= 0.3 is 30.2 Å². The fourth-order valence-electron chi connectivity index (χ4n) is 1.68. The molecule has 0 saturated heterocycles. The largest absolute Gasteiger partial charge is 0.504 e. The Bertz CT molecular complexity index is 794. The van der Waals surface area contributed by atoms with Gasteiger partial charge < -0.3 is 14.6 Å². The molecular formula is C15H12F8N2O4. The molecule has 0 fully saturated rings. The molecule has 0 bridgehead atoms. The molecule has 0 aromatic heterocycles. The molecule has 0 aliphatic carbocycles. The van der Waals surface area contributed by atoms with Crippen LogP contribution in [0.1, 0.15) is 0 Å². The number of azo groups is 1. The molecule has 0 atom stereocenters. The second-order valence-electron chi connectivity index (χ2n) is 5.16. The van der Waals surface area contributed by atoms with Gasteiger partial charge in [-0.2, -0.15) is 31.5 Å². The normalized spacial score (nSPS) is 14.2. The third-order valence-electron chi connectivity index (χ3n) is 3.33. The number of hydrogen-bond donors (Lipinski definition) is 1. The van der Waals surface area contributed by atoms with Crippen LogP contribution in [0.15, 0.2) is 46.0 Å². The second kappa shape index (κ2) is 8.61. The van der Waals surface area contributed by atoms with Crippen LogP contribution < -0.4 is 4.74 Å². The number of halogens is 8. The minimum Gasteiger partial charge on any atom is -0.504 e. The molecule has 14 heteroatoms. The first-order valence-electron chi connectivity index (χ1n) is 7.23. The summed E-state index contributed by atoms with van der Waals surface area (Å²) >= 11 is 0. The highest BCUT2D eigenvalue weighted by Crippen LogP contribution is 2.51. The van der Waals surface area contributed by atoms with Crippen LogP contribution in [0.4, 0.5) is 40.8 Å². The van der Waals surface area contributed by atoms with E-state index in [0.29, 0.717) is 12.9 Å². The number of benzene rings is 1. The van der Waals surface area contributed by atoms with Crippen LogP contribution in [0.2, 0.25) is 0 Å². The lowest BCUT2D eigenvalue weighted by atomic mass is 10.0. The number of esters is 1. The van der Waals surface area contributed by atoms with Gasteiger partial charge in [0.1, 0.15) is 5.75 Å². The number of ether oxygens (including phenoxy) is 2. The Morgan fingerprint density at radius 2 is 1.55 bits per heavy atom. The van der Waals surface area contributed by atoms with Crippen molar-refractivity contribution in [2.24, 2.45) is 10.2 Å². The van der Waals surface area contributed by atoms with E-state index >= 15 is 0 Å². The van der Waals surface area contributed by atoms with Gasteiger partial charge in [0.2, 0.25) is 11.5 Å². The van der Waals surface area contributed by atoms with Crippen molar-refractivity contribution in [2.75, 3.05) is 14.2 Å². The van der Waals surface area contributed by atoms with Crippen molar-refractivity contribution in [3.63, 3.8) is 0 Å². The van der Waals surface area contributed by atoms with E-state index in [2.05, 4.69) is 15.0 Å². The molecule has 1 aromatic rings. The van der Waals surface area contributed by atoms with Gasteiger partial charge in [0.15, 0.2) is 0 Å². The van der Waals surface area contributed by atoms with Gasteiger partial charge in [0, 0.05) is 0 Å². The number of nitrogens with zero attached hydrogens (tertiary/aromatic N) is 2. The van der Waals surface area contributed by atoms with Gasteiger partial charge in [-0.25, -0.2) is 13.6 Å². The van der Waals surface area contributed by atoms with Gasteiger partial charge in [-0.15, -0.1) is 5.11 Å². The van der Waals surface area contributed by atoms with Crippen LogP contribution in [0, 0.1) is 0 Å². The number of hydrogen-bond acceptors (Lipinski definition) is 6. The van der Waals surface area contributed by atoms with Crippen molar-refractivity contribution >= 4 is 11.7 Å². The molecule has 0 saturated carbocycles. The molecule has 0 heterocycles. The van der Waals surface area contributed by atoms with E-state index in [1.165, 1.54) is 19.2 Å². The van der Waals surface area contributed by atoms with E-state index in [-0.39, 0.29) is 5.69 Å². The highest BCUT2D eigenvalue weighted by atomic mass is 19.4. The lowest BCUT2D eigenvalue weighted by Gasteiger charge is -2.31. The predicted octanol–water partition coefficient (Wildman–Crippen LogP) is 4.89. The SMILES string of the molecule is COC(=O)/C(N=Nc1ccc(OC)cc1)=C(/O)C(F)(F)C(F)(F)C(F)(F)C(F)F. The Hall–Kier alpha value is -2.93. The third kappa shape index (κ3) is 4.56. The number of methoxy groups -OCH3 is 2. The summed E-state index contributed by atoms with van der Waals surface area (Å²) in [6.07, 6.45) is -5.21. The second-order valence-corrected chi connectivity index (χ2v) is 5.16. The van der Waals surface area contributed by atoms with Crippen LogP contribution in [-0.2, 0) is 9.53 Å². The highest BCUT2D eigenvalue weighted by molar-refractivity contribution is 5.88. The molecule has 162 valence electrons. The molecule has 1 aromatic carbocycles. The minimum absolute atomic E-state index is 0.173. The van der Waals surface area contributed by atoms with Gasteiger partial charge in [-0.1, -0.05) is 0 Å². The first-order chi connectivity index (χ1) is 13.2. The van der Waals surface area contributed by atoms with E-state index in [9.17, 15) is 45.0 Å². The zero-order valence-corrected chi connectivity index (χ0v) is 14.5. The lowest BCUT2D eigenvalue weighted by molar-refractivity contribution is -0.333. The maximum atomic E-state index is 13.8. The Balaban J connectivity index is 3.49. The first-order valence-corrected chi connectivity index (χ1v) is 7.23. The molecule has 0 spiro atoms. The molecule has 0 aliphatic rings. The number of aliphatic hydroxyl groups excluding tert-OH is 1. The Morgan fingerprint density at radius 1 is 1.03 bits per heavy atom. The molecule has 29 heavy (non-hydrogen) atoms. The molecule has 1 N–H and O–H groups in total. The van der Waals surface area contributed by atoms with Crippen molar-refractivity contribution in [1.82, 2.24) is 0 Å². The van der Waals surface area contributed by atoms with E-state index in [1.807, 2.05) is 0 Å². The summed E-state index contributed by atoms with van der Waals surface area (Å²) in [6, 6.07) is 4.90. The topological polar surface area (TPSA) is 80.5 Å². The summed E-state index contributed by atoms with van der Waals surface area (Å²) in [4.78, 5) is 11.5. The van der Waals surface area contributed by atoms with Crippen LogP contribution in [0.25, 0.3) is 0 Å². The standard InChI is InChI=1S/C15H12F8N2O4/c1-28-8-5-3-7(4-6-8)24-25-9(11(27)29-2)10(26)13(18,19)15(22,23)14(20,21)12(16)17/h3-6,12,26H,1-2H3/b10-9-,25-24?. The maximum absolute atomic E-state index is 13.8. The summed E-state index contributed by atoms with van der Waals surface area (Å²) in [5.74, 6) is -24.4. The van der Waals surface area contributed by atoms with Crippen LogP contribution in [-0.4, -0.2) is 49.5 Å². The van der Waals surface area contributed by atoms with Crippen molar-refractivity contribution in [2.45, 2.75) is 24.2 Å². The number of carbonyl (C=O) groups is 1. The summed E-state index contributed by atoms with van der Waals surface area (Å²) in [5, 5.41) is 15.4. The smallest absolute Gasteiger partial charge is 0.385 e. The fraction of sp³-hybridized carbons (Fsp3) is 0.400. The summed E-state index contributed by atoms with van der Waals surface area (Å²) in [6.45, 7) is 0. The molecule has 6 nitrogen and oxygen atoms in total. The van der Waals surface area contributed by atoms with Gasteiger partial charge in [0.25, 0.3) is 0 Å². The zero-order chi connectivity index (χ0) is 22.6. The summed E-state index contributed by atoms with van der Waals surface area (Å²) < 4.78 is 114. The minimum atomic E-state index is -6.80. The molecule has 0 unspecified atom stereocenters. The maximum Gasteiger partial charge on any atom is 0.385 e. The average Bonchev–Trinajstić information content (AvgIpc) is 2.67. The van der Waals surface area contributed by atoms with Gasteiger partial charge in [-0.05, 0) is 24.3 Å². The zero-order valence-electron chi connectivity index (χ0n) is 14.5.